The number of carbonyl (C=O) groups is 1. The summed E-state index contributed by atoms with van der Waals surface area (Å²) in [7, 11) is 0. The third kappa shape index (κ3) is 3.73. The van der Waals surface area contributed by atoms with Gasteiger partial charge in [0.1, 0.15) is 0 Å². The average Bonchev–Trinajstić information content (AvgIpc) is 3.62. The van der Waals surface area contributed by atoms with E-state index in [0.29, 0.717) is 29.6 Å². The molecule has 1 aromatic heterocycles. The van der Waals surface area contributed by atoms with Crippen molar-refractivity contribution in [2.75, 3.05) is 6.54 Å². The van der Waals surface area contributed by atoms with E-state index in [-0.39, 0.29) is 23.8 Å². The van der Waals surface area contributed by atoms with E-state index in [4.69, 9.17) is 0 Å². The smallest absolute Gasteiger partial charge is 0.330 e. The van der Waals surface area contributed by atoms with Crippen molar-refractivity contribution < 1.29 is 22.5 Å². The quantitative estimate of drug-likeness (QED) is 0.503. The van der Waals surface area contributed by atoms with Crippen molar-refractivity contribution in [3.63, 3.8) is 0 Å². The van der Waals surface area contributed by atoms with Gasteiger partial charge >= 0.3 is 12.1 Å². The Bertz CT molecular complexity index is 1260. The Morgan fingerprint density at radius 1 is 1.09 bits per heavy atom. The van der Waals surface area contributed by atoms with Crippen molar-refractivity contribution in [3.05, 3.63) is 71.1 Å². The predicted octanol–water partition coefficient (Wildman–Crippen LogP) is 5.33. The molecule has 2 aliphatic heterocycles. The topological polar surface area (TPSA) is 62.5 Å². The normalized spacial score (nSPS) is 25.2. The standard InChI is InChI=1S/C26H25F3N4O2/c1-15(16-5-3-2-4-6-16)32-12-11-17-9-10-21(22(17)32)33-14-19-8-7-18(13-20(19)24(33)34)23-30-25(35-31-23)26(27,28)29/h2-8,13,15,17,21-22H,9-12,14H2,1H3/t15?,17-,21+,22+/m0/s1. The van der Waals surface area contributed by atoms with Gasteiger partial charge in [-0.1, -0.05) is 47.6 Å². The van der Waals surface area contributed by atoms with E-state index in [1.165, 1.54) is 5.56 Å². The van der Waals surface area contributed by atoms with Crippen molar-refractivity contribution in [1.29, 1.82) is 0 Å². The van der Waals surface area contributed by atoms with E-state index >= 15 is 0 Å². The molecule has 9 heteroatoms. The highest BCUT2D eigenvalue weighted by molar-refractivity contribution is 5.99. The third-order valence-corrected chi connectivity index (χ3v) is 7.90. The van der Waals surface area contributed by atoms with Crippen LogP contribution in [0.5, 0.6) is 0 Å². The molecule has 4 atom stereocenters. The number of carbonyl (C=O) groups excluding carboxylic acids is 1. The van der Waals surface area contributed by atoms with Gasteiger partial charge < -0.3 is 9.42 Å². The van der Waals surface area contributed by atoms with E-state index in [0.717, 1.165) is 31.4 Å². The minimum Gasteiger partial charge on any atom is -0.330 e. The largest absolute Gasteiger partial charge is 0.471 e. The van der Waals surface area contributed by atoms with Gasteiger partial charge in [-0.05, 0) is 55.8 Å². The number of nitrogens with zero attached hydrogens (tertiary/aromatic N) is 4. The second kappa shape index (κ2) is 8.19. The number of halogens is 3. The maximum atomic E-state index is 13.5. The first-order valence-electron chi connectivity index (χ1n) is 12.0. The van der Waals surface area contributed by atoms with E-state index in [1.807, 2.05) is 11.0 Å². The van der Waals surface area contributed by atoms with Crippen LogP contribution in [0.15, 0.2) is 53.1 Å². The summed E-state index contributed by atoms with van der Waals surface area (Å²) in [6.07, 6.45) is -1.52. The molecule has 1 saturated carbocycles. The fourth-order valence-electron chi connectivity index (χ4n) is 6.21. The van der Waals surface area contributed by atoms with Crippen molar-refractivity contribution in [3.8, 4) is 11.4 Å². The van der Waals surface area contributed by atoms with Crippen LogP contribution in [-0.4, -0.2) is 44.5 Å². The number of rotatable bonds is 4. The Hall–Kier alpha value is -3.20. The first-order chi connectivity index (χ1) is 16.8. The molecule has 0 radical (unpaired) electrons. The molecule has 3 heterocycles. The molecule has 2 aromatic carbocycles. The molecule has 0 bridgehead atoms. The SMILES string of the molecule is CC(c1ccccc1)N1CC[C@@H]2CC[C@@H](N3Cc4ccc(-c5noc(C(F)(F)F)n5)cc4C3=O)[C@@H]21. The molecule has 0 spiro atoms. The lowest BCUT2D eigenvalue weighted by molar-refractivity contribution is -0.159. The second-order valence-corrected chi connectivity index (χ2v) is 9.73. The van der Waals surface area contributed by atoms with Gasteiger partial charge in [0.2, 0.25) is 5.82 Å². The molecular formula is C26H25F3N4O2. The Morgan fingerprint density at radius 2 is 1.89 bits per heavy atom. The van der Waals surface area contributed by atoms with Gasteiger partial charge in [0, 0.05) is 35.8 Å². The summed E-state index contributed by atoms with van der Waals surface area (Å²) in [6.45, 7) is 3.76. The van der Waals surface area contributed by atoms with E-state index in [2.05, 4.69) is 50.8 Å². The molecule has 1 aliphatic carbocycles. The highest BCUT2D eigenvalue weighted by Crippen LogP contribution is 2.45. The van der Waals surface area contributed by atoms with Gasteiger partial charge in [0.25, 0.3) is 5.91 Å². The number of amides is 1. The van der Waals surface area contributed by atoms with Gasteiger partial charge in [-0.25, -0.2) is 0 Å². The van der Waals surface area contributed by atoms with E-state index in [1.54, 1.807) is 18.2 Å². The van der Waals surface area contributed by atoms with Crippen LogP contribution in [0.3, 0.4) is 0 Å². The van der Waals surface area contributed by atoms with Gasteiger partial charge in [-0.15, -0.1) is 0 Å². The summed E-state index contributed by atoms with van der Waals surface area (Å²) in [5.74, 6) is -1.08. The number of alkyl halides is 3. The molecular weight excluding hydrogens is 457 g/mol. The number of benzene rings is 2. The fourth-order valence-corrected chi connectivity index (χ4v) is 6.21. The summed E-state index contributed by atoms with van der Waals surface area (Å²) < 4.78 is 43.0. The summed E-state index contributed by atoms with van der Waals surface area (Å²) in [5, 5.41) is 3.46. The minimum absolute atomic E-state index is 0.0775. The highest BCUT2D eigenvalue weighted by atomic mass is 19.4. The molecule has 3 aromatic rings. The molecule has 0 N–H and O–H groups in total. The summed E-state index contributed by atoms with van der Waals surface area (Å²) >= 11 is 0. The number of likely N-dealkylation sites (tertiary alicyclic amines) is 1. The Kier molecular flexibility index (Phi) is 5.21. The van der Waals surface area contributed by atoms with Crippen molar-refractivity contribution in [2.45, 2.75) is 57.0 Å². The molecule has 1 amide bonds. The number of hydrogen-bond acceptors (Lipinski definition) is 5. The van der Waals surface area contributed by atoms with E-state index < -0.39 is 12.1 Å². The summed E-state index contributed by atoms with van der Waals surface area (Å²) in [4.78, 5) is 21.5. The predicted molar refractivity (Wildman–Crippen MR) is 121 cm³/mol. The zero-order valence-electron chi connectivity index (χ0n) is 19.2. The summed E-state index contributed by atoms with van der Waals surface area (Å²) in [5.41, 5.74) is 2.99. The lowest BCUT2D eigenvalue weighted by Gasteiger charge is -2.38. The second-order valence-electron chi connectivity index (χ2n) is 9.73. The first kappa shape index (κ1) is 22.3. The minimum atomic E-state index is -4.71. The number of hydrogen-bond donors (Lipinski definition) is 0. The monoisotopic (exact) mass is 482 g/mol. The van der Waals surface area contributed by atoms with Gasteiger partial charge in [-0.3, -0.25) is 9.69 Å². The molecule has 1 saturated heterocycles. The van der Waals surface area contributed by atoms with Crippen LogP contribution >= 0.6 is 0 Å². The van der Waals surface area contributed by atoms with Crippen LogP contribution in [0.1, 0.15) is 59.6 Å². The van der Waals surface area contributed by atoms with Gasteiger partial charge in [0.05, 0.1) is 0 Å². The molecule has 35 heavy (non-hydrogen) atoms. The van der Waals surface area contributed by atoms with Crippen LogP contribution in [-0.2, 0) is 12.7 Å². The van der Waals surface area contributed by atoms with Crippen LogP contribution in [0.4, 0.5) is 13.2 Å². The first-order valence-corrected chi connectivity index (χ1v) is 12.0. The molecule has 2 fully saturated rings. The molecule has 6 rings (SSSR count). The molecule has 1 unspecified atom stereocenters. The van der Waals surface area contributed by atoms with Gasteiger partial charge in [-0.2, -0.15) is 18.2 Å². The Labute approximate surface area is 200 Å². The number of aromatic nitrogens is 2. The van der Waals surface area contributed by atoms with E-state index in [9.17, 15) is 18.0 Å². The average molecular weight is 483 g/mol. The zero-order chi connectivity index (χ0) is 24.3. The maximum Gasteiger partial charge on any atom is 0.471 e. The lowest BCUT2D eigenvalue weighted by atomic mass is 10.00. The summed E-state index contributed by atoms with van der Waals surface area (Å²) in [6, 6.07) is 16.2. The number of fused-ring (bicyclic) bond motifs is 2. The lowest BCUT2D eigenvalue weighted by Crippen LogP contribution is -2.48. The molecule has 3 aliphatic rings. The Morgan fingerprint density at radius 3 is 2.63 bits per heavy atom. The third-order valence-electron chi connectivity index (χ3n) is 7.90. The van der Waals surface area contributed by atoms with Crippen molar-refractivity contribution in [2.24, 2.45) is 5.92 Å². The zero-order valence-corrected chi connectivity index (χ0v) is 19.2. The highest BCUT2D eigenvalue weighted by Gasteiger charge is 2.50. The van der Waals surface area contributed by atoms with Crippen LogP contribution < -0.4 is 0 Å². The maximum absolute atomic E-state index is 13.5. The Balaban J connectivity index is 1.25. The van der Waals surface area contributed by atoms with Crippen LogP contribution in [0.25, 0.3) is 11.4 Å². The van der Waals surface area contributed by atoms with Gasteiger partial charge in [0.15, 0.2) is 0 Å². The molecule has 6 nitrogen and oxygen atoms in total. The molecule has 182 valence electrons. The van der Waals surface area contributed by atoms with Crippen molar-refractivity contribution in [1.82, 2.24) is 19.9 Å². The van der Waals surface area contributed by atoms with Crippen molar-refractivity contribution >= 4 is 5.91 Å². The van der Waals surface area contributed by atoms with Crippen LogP contribution in [0, 0.1) is 5.92 Å². The fraction of sp³-hybridized carbons (Fsp3) is 0.423. The van der Waals surface area contributed by atoms with Crippen LogP contribution in [0.2, 0.25) is 0 Å².